The minimum Gasteiger partial charge on any atom is -0.507 e. The first-order valence-corrected chi connectivity index (χ1v) is 7.70. The number of benzene rings is 2. The monoisotopic (exact) mass is 330 g/mol. The summed E-state index contributed by atoms with van der Waals surface area (Å²) in [6.45, 7) is 0. The Labute approximate surface area is 136 Å². The van der Waals surface area contributed by atoms with Gasteiger partial charge >= 0.3 is 0 Å². The highest BCUT2D eigenvalue weighted by Gasteiger charge is 2.14. The van der Waals surface area contributed by atoms with E-state index in [2.05, 4.69) is 10.3 Å². The fourth-order valence-corrected chi connectivity index (χ4v) is 2.81. The van der Waals surface area contributed by atoms with Crippen LogP contribution in [0.3, 0.4) is 0 Å². The number of aromatic nitrogens is 1. The molecule has 2 aromatic carbocycles. The first-order chi connectivity index (χ1) is 10.6. The number of carbonyl (C=O) groups is 1. The zero-order chi connectivity index (χ0) is 15.5. The zero-order valence-electron chi connectivity index (χ0n) is 11.3. The summed E-state index contributed by atoms with van der Waals surface area (Å²) in [5.74, 6) is -0.573. The third-order valence-corrected chi connectivity index (χ3v) is 3.99. The van der Waals surface area contributed by atoms with E-state index in [4.69, 9.17) is 11.6 Å². The molecule has 0 spiro atoms. The number of nitrogens with zero attached hydrogens (tertiary/aromatic N) is 1. The Morgan fingerprint density at radius 1 is 1.18 bits per heavy atom. The van der Waals surface area contributed by atoms with Gasteiger partial charge in [0, 0.05) is 16.0 Å². The van der Waals surface area contributed by atoms with Gasteiger partial charge in [0.1, 0.15) is 5.75 Å². The van der Waals surface area contributed by atoms with Gasteiger partial charge in [0.05, 0.1) is 11.3 Å². The van der Waals surface area contributed by atoms with Crippen molar-refractivity contribution in [2.75, 3.05) is 5.32 Å². The molecule has 3 aromatic rings. The van der Waals surface area contributed by atoms with Crippen LogP contribution in [-0.2, 0) is 0 Å². The molecule has 0 unspecified atom stereocenters. The summed E-state index contributed by atoms with van der Waals surface area (Å²) in [5, 5.41) is 15.1. The van der Waals surface area contributed by atoms with E-state index in [1.165, 1.54) is 29.5 Å². The molecule has 0 aliphatic rings. The number of carbonyl (C=O) groups excluding carboxylic acids is 1. The maximum Gasteiger partial charge on any atom is 0.261 e. The molecule has 1 aromatic heterocycles. The highest BCUT2D eigenvalue weighted by molar-refractivity contribution is 7.14. The molecule has 0 radical (unpaired) electrons. The quantitative estimate of drug-likeness (QED) is 0.747. The Morgan fingerprint density at radius 3 is 2.73 bits per heavy atom. The Morgan fingerprint density at radius 2 is 1.95 bits per heavy atom. The molecule has 0 aliphatic heterocycles. The van der Waals surface area contributed by atoms with E-state index >= 15 is 0 Å². The summed E-state index contributed by atoms with van der Waals surface area (Å²) >= 11 is 7.16. The first kappa shape index (κ1) is 14.6. The molecular weight excluding hydrogens is 320 g/mol. The first-order valence-electron chi connectivity index (χ1n) is 6.44. The van der Waals surface area contributed by atoms with Crippen molar-refractivity contribution in [3.8, 4) is 17.0 Å². The van der Waals surface area contributed by atoms with Gasteiger partial charge in [0.15, 0.2) is 5.13 Å². The molecule has 3 rings (SSSR count). The standard InChI is InChI=1S/C16H11ClN2O2S/c17-11-6-7-14(20)12(8-11)15(21)19-16-18-13(9-22-16)10-4-2-1-3-5-10/h1-9,20H,(H,18,19,21). The predicted octanol–water partition coefficient (Wildman–Crippen LogP) is 4.42. The van der Waals surface area contributed by atoms with E-state index in [1.807, 2.05) is 35.7 Å². The van der Waals surface area contributed by atoms with Crippen LogP contribution in [0.4, 0.5) is 5.13 Å². The molecule has 1 heterocycles. The van der Waals surface area contributed by atoms with Gasteiger partial charge in [-0.05, 0) is 18.2 Å². The van der Waals surface area contributed by atoms with E-state index in [-0.39, 0.29) is 11.3 Å². The molecule has 0 atom stereocenters. The van der Waals surface area contributed by atoms with Gasteiger partial charge < -0.3 is 5.11 Å². The Hall–Kier alpha value is -2.37. The van der Waals surface area contributed by atoms with E-state index in [9.17, 15) is 9.90 Å². The lowest BCUT2D eigenvalue weighted by atomic mass is 10.2. The van der Waals surface area contributed by atoms with Crippen LogP contribution in [0, 0.1) is 0 Å². The molecule has 6 heteroatoms. The number of thiazole rings is 1. The number of hydrogen-bond donors (Lipinski definition) is 2. The third kappa shape index (κ3) is 3.10. The SMILES string of the molecule is O=C(Nc1nc(-c2ccccc2)cs1)c1cc(Cl)ccc1O. The second-order valence-corrected chi connectivity index (χ2v) is 5.81. The maximum absolute atomic E-state index is 12.2. The summed E-state index contributed by atoms with van der Waals surface area (Å²) in [6, 6.07) is 14.0. The fourth-order valence-electron chi connectivity index (χ4n) is 1.93. The fraction of sp³-hybridized carbons (Fsp3) is 0. The number of hydrogen-bond acceptors (Lipinski definition) is 4. The predicted molar refractivity (Wildman–Crippen MR) is 88.6 cm³/mol. The second-order valence-electron chi connectivity index (χ2n) is 4.52. The summed E-state index contributed by atoms with van der Waals surface area (Å²) < 4.78 is 0. The van der Waals surface area contributed by atoms with Gasteiger partial charge in [0.25, 0.3) is 5.91 Å². The lowest BCUT2D eigenvalue weighted by Gasteiger charge is -2.04. The summed E-state index contributed by atoms with van der Waals surface area (Å²) in [6.07, 6.45) is 0. The van der Waals surface area contributed by atoms with Crippen molar-refractivity contribution < 1.29 is 9.90 Å². The lowest BCUT2D eigenvalue weighted by molar-refractivity contribution is 0.102. The van der Waals surface area contributed by atoms with Gasteiger partial charge in [-0.2, -0.15) is 0 Å². The van der Waals surface area contributed by atoms with Crippen molar-refractivity contribution >= 4 is 34.0 Å². The number of phenolic OH excluding ortho intramolecular Hbond substituents is 1. The molecular formula is C16H11ClN2O2S. The lowest BCUT2D eigenvalue weighted by Crippen LogP contribution is -2.11. The number of halogens is 1. The zero-order valence-corrected chi connectivity index (χ0v) is 12.9. The molecule has 2 N–H and O–H groups in total. The van der Waals surface area contributed by atoms with E-state index < -0.39 is 5.91 Å². The van der Waals surface area contributed by atoms with Crippen molar-refractivity contribution in [2.24, 2.45) is 0 Å². The smallest absolute Gasteiger partial charge is 0.261 e. The van der Waals surface area contributed by atoms with E-state index in [0.29, 0.717) is 10.2 Å². The summed E-state index contributed by atoms with van der Waals surface area (Å²) in [5.41, 5.74) is 1.88. The van der Waals surface area contributed by atoms with Crippen LogP contribution in [0.25, 0.3) is 11.3 Å². The number of anilines is 1. The van der Waals surface area contributed by atoms with Gasteiger partial charge in [-0.15, -0.1) is 11.3 Å². The average Bonchev–Trinajstić information content (AvgIpc) is 2.99. The summed E-state index contributed by atoms with van der Waals surface area (Å²) in [4.78, 5) is 16.5. The van der Waals surface area contributed by atoms with E-state index in [1.54, 1.807) is 0 Å². The van der Waals surface area contributed by atoms with Crippen LogP contribution >= 0.6 is 22.9 Å². The molecule has 22 heavy (non-hydrogen) atoms. The Kier molecular flexibility index (Phi) is 4.09. The molecule has 0 aliphatic carbocycles. The van der Waals surface area contributed by atoms with Crippen molar-refractivity contribution in [3.05, 3.63) is 64.5 Å². The molecule has 1 amide bonds. The van der Waals surface area contributed by atoms with Crippen LogP contribution in [0.2, 0.25) is 5.02 Å². The third-order valence-electron chi connectivity index (χ3n) is 3.00. The maximum atomic E-state index is 12.2. The Bertz CT molecular complexity index is 818. The number of rotatable bonds is 3. The van der Waals surface area contributed by atoms with Crippen molar-refractivity contribution in [2.45, 2.75) is 0 Å². The van der Waals surface area contributed by atoms with Crippen LogP contribution < -0.4 is 5.32 Å². The number of phenols is 1. The number of amides is 1. The minimum absolute atomic E-state index is 0.115. The van der Waals surface area contributed by atoms with Gasteiger partial charge in [-0.3, -0.25) is 10.1 Å². The Balaban J connectivity index is 1.81. The molecule has 0 bridgehead atoms. The van der Waals surface area contributed by atoms with Crippen molar-refractivity contribution in [1.29, 1.82) is 0 Å². The summed E-state index contributed by atoms with van der Waals surface area (Å²) in [7, 11) is 0. The van der Waals surface area contributed by atoms with Crippen LogP contribution in [0.15, 0.2) is 53.9 Å². The minimum atomic E-state index is -0.450. The molecule has 0 fully saturated rings. The number of nitrogens with one attached hydrogen (secondary N) is 1. The molecule has 4 nitrogen and oxygen atoms in total. The van der Waals surface area contributed by atoms with Gasteiger partial charge in [0.2, 0.25) is 0 Å². The van der Waals surface area contributed by atoms with Gasteiger partial charge in [-0.1, -0.05) is 41.9 Å². The number of aromatic hydroxyl groups is 1. The van der Waals surface area contributed by atoms with Crippen LogP contribution in [-0.4, -0.2) is 16.0 Å². The average molecular weight is 331 g/mol. The molecule has 0 saturated carbocycles. The molecule has 0 saturated heterocycles. The normalized spacial score (nSPS) is 10.4. The molecule has 110 valence electrons. The topological polar surface area (TPSA) is 62.2 Å². The van der Waals surface area contributed by atoms with Crippen molar-refractivity contribution in [3.63, 3.8) is 0 Å². The highest BCUT2D eigenvalue weighted by Crippen LogP contribution is 2.26. The second kappa shape index (κ2) is 6.17. The highest BCUT2D eigenvalue weighted by atomic mass is 35.5. The van der Waals surface area contributed by atoms with Crippen molar-refractivity contribution in [1.82, 2.24) is 4.98 Å². The van der Waals surface area contributed by atoms with Crippen LogP contribution in [0.5, 0.6) is 5.75 Å². The van der Waals surface area contributed by atoms with E-state index in [0.717, 1.165) is 11.3 Å². The van der Waals surface area contributed by atoms with Gasteiger partial charge in [-0.25, -0.2) is 4.98 Å². The van der Waals surface area contributed by atoms with Crippen LogP contribution in [0.1, 0.15) is 10.4 Å². The largest absolute Gasteiger partial charge is 0.507 e.